The van der Waals surface area contributed by atoms with Crippen LogP contribution in [0, 0.1) is 6.92 Å². The highest BCUT2D eigenvalue weighted by molar-refractivity contribution is 7.98. The minimum absolute atomic E-state index is 0.0666. The fourth-order valence-corrected chi connectivity index (χ4v) is 2.05. The molecule has 0 aliphatic carbocycles. The first-order valence-corrected chi connectivity index (χ1v) is 10.6. The standard InChI is InChI=1S/C7H8O3S.C5H11NO2S.H2O4S/c1-6-2-4-7(5-3-6)11(8,9)10;1-9-3-2-4(6)5(7)8;1-5(2,3)4/h2-5H,1H3,(H,8,9,10);4H,2-3,6H2,1H3,(H,7,8);(H2,1,2,3,4). The van der Waals surface area contributed by atoms with Crippen molar-refractivity contribution in [3.05, 3.63) is 29.8 Å². The predicted octanol–water partition coefficient (Wildman–Crippen LogP) is 0.740. The molecule has 0 spiro atoms. The van der Waals surface area contributed by atoms with Gasteiger partial charge < -0.3 is 10.8 Å². The molecular formula is C12H21NO9S3. The van der Waals surface area contributed by atoms with Gasteiger partial charge in [-0.05, 0) is 37.5 Å². The number of aliphatic carboxylic acids is 1. The Bertz CT molecular complexity index is 707. The molecule has 13 heteroatoms. The van der Waals surface area contributed by atoms with Gasteiger partial charge >= 0.3 is 16.4 Å². The van der Waals surface area contributed by atoms with E-state index >= 15 is 0 Å². The zero-order valence-electron chi connectivity index (χ0n) is 13.4. The molecule has 0 saturated carbocycles. The Morgan fingerprint density at radius 1 is 1.12 bits per heavy atom. The largest absolute Gasteiger partial charge is 0.480 e. The van der Waals surface area contributed by atoms with Gasteiger partial charge in [-0.2, -0.15) is 28.6 Å². The summed E-state index contributed by atoms with van der Waals surface area (Å²) >= 11 is 1.60. The molecule has 10 nitrogen and oxygen atoms in total. The van der Waals surface area contributed by atoms with Crippen molar-refractivity contribution < 1.29 is 40.4 Å². The summed E-state index contributed by atoms with van der Waals surface area (Å²) < 4.78 is 61.1. The molecule has 0 aliphatic heterocycles. The van der Waals surface area contributed by atoms with E-state index in [4.69, 9.17) is 32.9 Å². The SMILES string of the molecule is CSCCC(N)C(=O)O.Cc1ccc(S(=O)(=O)O)cc1.O=S(=O)(O)O. The van der Waals surface area contributed by atoms with E-state index < -0.39 is 32.5 Å². The van der Waals surface area contributed by atoms with Crippen molar-refractivity contribution in [1.82, 2.24) is 0 Å². The van der Waals surface area contributed by atoms with Crippen LogP contribution in [0.15, 0.2) is 29.2 Å². The highest BCUT2D eigenvalue weighted by Crippen LogP contribution is 2.08. The summed E-state index contributed by atoms with van der Waals surface area (Å²) in [5, 5.41) is 8.27. The summed E-state index contributed by atoms with van der Waals surface area (Å²) in [5.41, 5.74) is 6.15. The Labute approximate surface area is 150 Å². The normalized spacial score (nSPS) is 12.1. The van der Waals surface area contributed by atoms with Crippen LogP contribution in [-0.2, 0) is 25.3 Å². The van der Waals surface area contributed by atoms with Gasteiger partial charge in [0.05, 0.1) is 4.90 Å². The van der Waals surface area contributed by atoms with Crippen LogP contribution in [0.5, 0.6) is 0 Å². The van der Waals surface area contributed by atoms with Crippen LogP contribution in [0.1, 0.15) is 12.0 Å². The highest BCUT2D eigenvalue weighted by Gasteiger charge is 2.09. The molecule has 0 bridgehead atoms. The van der Waals surface area contributed by atoms with Crippen LogP contribution in [0.2, 0.25) is 0 Å². The third kappa shape index (κ3) is 19.0. The average molecular weight is 419 g/mol. The van der Waals surface area contributed by atoms with Gasteiger partial charge in [0, 0.05) is 0 Å². The van der Waals surface area contributed by atoms with Crippen LogP contribution >= 0.6 is 11.8 Å². The molecule has 146 valence electrons. The summed E-state index contributed by atoms with van der Waals surface area (Å²) in [7, 11) is -8.69. The molecule has 1 atom stereocenters. The lowest BCUT2D eigenvalue weighted by Gasteiger charge is -2.02. The lowest BCUT2D eigenvalue weighted by molar-refractivity contribution is -0.138. The van der Waals surface area contributed by atoms with Gasteiger partial charge in [-0.25, -0.2) is 0 Å². The number of nitrogens with two attached hydrogens (primary N) is 1. The van der Waals surface area contributed by atoms with Gasteiger partial charge in [0.25, 0.3) is 10.1 Å². The number of thioether (sulfide) groups is 1. The first-order valence-electron chi connectivity index (χ1n) is 6.39. The predicted molar refractivity (Wildman–Crippen MR) is 93.8 cm³/mol. The van der Waals surface area contributed by atoms with E-state index in [1.54, 1.807) is 23.9 Å². The summed E-state index contributed by atoms with van der Waals surface area (Å²) in [6.07, 6.45) is 2.48. The van der Waals surface area contributed by atoms with E-state index in [0.29, 0.717) is 6.42 Å². The third-order valence-electron chi connectivity index (χ3n) is 2.27. The van der Waals surface area contributed by atoms with Crippen molar-refractivity contribution in [2.45, 2.75) is 24.3 Å². The summed E-state index contributed by atoms with van der Waals surface area (Å²) in [5.74, 6) is -0.1000. The number of hydrogen-bond acceptors (Lipinski definition) is 7. The Balaban J connectivity index is 0. The molecule has 1 unspecified atom stereocenters. The molecular weight excluding hydrogens is 398 g/mol. The maximum atomic E-state index is 10.5. The summed E-state index contributed by atoms with van der Waals surface area (Å²) in [6.45, 7) is 1.84. The number of benzene rings is 1. The first kappa shape index (κ1) is 26.0. The first-order chi connectivity index (χ1) is 11.2. The fraction of sp³-hybridized carbons (Fsp3) is 0.417. The van der Waals surface area contributed by atoms with Gasteiger partial charge in [-0.1, -0.05) is 17.7 Å². The van der Waals surface area contributed by atoms with Gasteiger partial charge in [0.15, 0.2) is 0 Å². The monoisotopic (exact) mass is 419 g/mol. The second-order valence-electron chi connectivity index (χ2n) is 4.46. The number of aryl methyl sites for hydroxylation is 1. The molecule has 1 rings (SSSR count). The maximum Gasteiger partial charge on any atom is 0.394 e. The van der Waals surface area contributed by atoms with Gasteiger partial charge in [-0.3, -0.25) is 18.5 Å². The Morgan fingerprint density at radius 3 is 1.80 bits per heavy atom. The van der Waals surface area contributed by atoms with Crippen LogP contribution < -0.4 is 5.73 Å². The fourth-order valence-electron chi connectivity index (χ4n) is 1.08. The molecule has 1 aromatic rings. The van der Waals surface area contributed by atoms with Crippen LogP contribution in [0.25, 0.3) is 0 Å². The molecule has 1 aromatic carbocycles. The summed E-state index contributed by atoms with van der Waals surface area (Å²) in [4.78, 5) is 10.0. The number of carbonyl (C=O) groups is 1. The molecule has 0 fully saturated rings. The average Bonchev–Trinajstić information content (AvgIpc) is 2.43. The zero-order chi connectivity index (χ0) is 20.3. The highest BCUT2D eigenvalue weighted by atomic mass is 32.3. The maximum absolute atomic E-state index is 10.5. The van der Waals surface area contributed by atoms with E-state index in [0.717, 1.165) is 11.3 Å². The number of hydrogen-bond donors (Lipinski definition) is 5. The summed E-state index contributed by atoms with van der Waals surface area (Å²) in [6, 6.07) is 5.30. The number of carboxylic acids is 1. The minimum atomic E-state index is -4.67. The van der Waals surface area contributed by atoms with Crippen molar-refractivity contribution in [3.8, 4) is 0 Å². The van der Waals surface area contributed by atoms with Crippen LogP contribution in [-0.4, -0.2) is 59.6 Å². The second-order valence-corrected chi connectivity index (χ2v) is 7.76. The molecule has 0 aliphatic rings. The molecule has 0 saturated heterocycles. The second kappa shape index (κ2) is 12.2. The molecule has 0 heterocycles. The number of rotatable bonds is 5. The van der Waals surface area contributed by atoms with Gasteiger partial charge in [0.2, 0.25) is 0 Å². The molecule has 0 amide bonds. The molecule has 25 heavy (non-hydrogen) atoms. The zero-order valence-corrected chi connectivity index (χ0v) is 15.9. The van der Waals surface area contributed by atoms with E-state index in [2.05, 4.69) is 0 Å². The van der Waals surface area contributed by atoms with E-state index in [9.17, 15) is 13.2 Å². The van der Waals surface area contributed by atoms with E-state index in [1.807, 2.05) is 13.2 Å². The van der Waals surface area contributed by atoms with Crippen molar-refractivity contribution in [1.29, 1.82) is 0 Å². The van der Waals surface area contributed by atoms with Crippen LogP contribution in [0.4, 0.5) is 0 Å². The quantitative estimate of drug-likeness (QED) is 0.423. The number of carboxylic acid groups (broad SMARTS) is 1. The van der Waals surface area contributed by atoms with Crippen molar-refractivity contribution in [3.63, 3.8) is 0 Å². The van der Waals surface area contributed by atoms with Crippen molar-refractivity contribution in [2.75, 3.05) is 12.0 Å². The Hall–Kier alpha value is -1.22. The smallest absolute Gasteiger partial charge is 0.394 e. The topological polar surface area (TPSA) is 192 Å². The van der Waals surface area contributed by atoms with Gasteiger partial charge in [-0.15, -0.1) is 0 Å². The Kier molecular flexibility index (Phi) is 12.7. The van der Waals surface area contributed by atoms with Gasteiger partial charge in [0.1, 0.15) is 6.04 Å². The third-order valence-corrected chi connectivity index (χ3v) is 3.78. The molecule has 0 radical (unpaired) electrons. The van der Waals surface area contributed by atoms with Crippen molar-refractivity contribution >= 4 is 38.2 Å². The lowest BCUT2D eigenvalue weighted by Crippen LogP contribution is -2.30. The van der Waals surface area contributed by atoms with Crippen LogP contribution in [0.3, 0.4) is 0 Å². The van der Waals surface area contributed by atoms with E-state index in [-0.39, 0.29) is 4.90 Å². The minimum Gasteiger partial charge on any atom is -0.480 e. The Morgan fingerprint density at radius 2 is 1.52 bits per heavy atom. The molecule has 0 aromatic heterocycles. The molecule has 6 N–H and O–H groups in total. The lowest BCUT2D eigenvalue weighted by atomic mass is 10.2. The van der Waals surface area contributed by atoms with E-state index in [1.165, 1.54) is 12.1 Å². The van der Waals surface area contributed by atoms with Crippen molar-refractivity contribution in [2.24, 2.45) is 5.73 Å².